The van der Waals surface area contributed by atoms with Crippen LogP contribution in [0.15, 0.2) is 69.9 Å². The van der Waals surface area contributed by atoms with Crippen LogP contribution in [0.5, 0.6) is 0 Å². The minimum absolute atomic E-state index is 0.0306. The number of fused-ring (bicyclic) bond motifs is 6. The van der Waals surface area contributed by atoms with E-state index in [-0.39, 0.29) is 27.4 Å². The van der Waals surface area contributed by atoms with Crippen LogP contribution >= 0.6 is 11.3 Å². The number of hydrogen-bond donors (Lipinski definition) is 0. The van der Waals surface area contributed by atoms with Crippen molar-refractivity contribution in [3.05, 3.63) is 99.2 Å². The van der Waals surface area contributed by atoms with Crippen molar-refractivity contribution in [3.8, 4) is 0 Å². The topological polar surface area (TPSA) is 83.7 Å². The summed E-state index contributed by atoms with van der Waals surface area (Å²) in [6.45, 7) is 4.30. The number of carbonyl (C=O) groups is 2. The average molecular weight is 526 g/mol. The third-order valence-corrected chi connectivity index (χ3v) is 8.26. The molecule has 2 amide bonds. The standard InChI is InChI=1S/C29H20FN3O4S/c1-3-12-32-20-7-5-4-6-18(20)29(27(32)36)23-24(34)17-14-16(30)9-11-21(17)37-25(23)26(35)33(29)28-31-19-10-8-15(2)13-22(19)38-28/h4-11,13-14H,3,12H2,1-2H3. The van der Waals surface area contributed by atoms with E-state index in [9.17, 15) is 18.8 Å². The second kappa shape index (κ2) is 7.82. The molecular formula is C29H20FN3O4S. The third-order valence-electron chi connectivity index (χ3n) is 7.26. The highest BCUT2D eigenvalue weighted by molar-refractivity contribution is 7.22. The van der Waals surface area contributed by atoms with Gasteiger partial charge in [-0.15, -0.1) is 0 Å². The quantitative estimate of drug-likeness (QED) is 0.310. The number of carbonyl (C=O) groups excluding carboxylic acids is 2. The van der Waals surface area contributed by atoms with E-state index in [4.69, 9.17) is 9.40 Å². The van der Waals surface area contributed by atoms with Crippen molar-refractivity contribution in [1.82, 2.24) is 4.98 Å². The molecule has 0 radical (unpaired) electrons. The van der Waals surface area contributed by atoms with E-state index in [1.807, 2.05) is 44.2 Å². The number of benzene rings is 3. The van der Waals surface area contributed by atoms with Gasteiger partial charge in [-0.3, -0.25) is 19.3 Å². The second-order valence-electron chi connectivity index (χ2n) is 9.57. The summed E-state index contributed by atoms with van der Waals surface area (Å²) >= 11 is 1.27. The molecule has 0 saturated carbocycles. The van der Waals surface area contributed by atoms with Crippen LogP contribution in [0.4, 0.5) is 15.2 Å². The minimum atomic E-state index is -1.83. The van der Waals surface area contributed by atoms with Gasteiger partial charge in [-0.05, 0) is 55.3 Å². The van der Waals surface area contributed by atoms with Crippen LogP contribution in [0, 0.1) is 12.7 Å². The summed E-state index contributed by atoms with van der Waals surface area (Å²) in [7, 11) is 0. The Morgan fingerprint density at radius 3 is 2.68 bits per heavy atom. The van der Waals surface area contributed by atoms with Gasteiger partial charge in [-0.25, -0.2) is 9.37 Å². The first-order valence-corrected chi connectivity index (χ1v) is 13.1. The normalized spacial score (nSPS) is 18.3. The van der Waals surface area contributed by atoms with Crippen molar-refractivity contribution < 1.29 is 18.4 Å². The molecule has 5 aromatic rings. The van der Waals surface area contributed by atoms with Crippen LogP contribution < -0.4 is 15.2 Å². The molecule has 4 heterocycles. The molecule has 0 bridgehead atoms. The van der Waals surface area contributed by atoms with Crippen LogP contribution in [-0.2, 0) is 10.3 Å². The van der Waals surface area contributed by atoms with Gasteiger partial charge < -0.3 is 9.32 Å². The van der Waals surface area contributed by atoms with Gasteiger partial charge in [0.15, 0.2) is 16.1 Å². The van der Waals surface area contributed by atoms with Gasteiger partial charge in [0.25, 0.3) is 11.8 Å². The summed E-state index contributed by atoms with van der Waals surface area (Å²) in [4.78, 5) is 50.5. The molecule has 0 saturated heterocycles. The van der Waals surface area contributed by atoms with Crippen molar-refractivity contribution in [2.45, 2.75) is 25.8 Å². The van der Waals surface area contributed by atoms with E-state index in [2.05, 4.69) is 0 Å². The smallest absolute Gasteiger partial charge is 0.297 e. The Labute approximate surface area is 219 Å². The molecule has 2 aromatic heterocycles. The van der Waals surface area contributed by atoms with E-state index >= 15 is 0 Å². The van der Waals surface area contributed by atoms with E-state index < -0.39 is 28.6 Å². The van der Waals surface area contributed by atoms with Crippen molar-refractivity contribution in [3.63, 3.8) is 0 Å². The molecule has 1 atom stereocenters. The maximum absolute atomic E-state index is 14.5. The molecule has 2 aliphatic heterocycles. The van der Waals surface area contributed by atoms with Crippen LogP contribution in [0.1, 0.15) is 40.6 Å². The second-order valence-corrected chi connectivity index (χ2v) is 10.6. The number of aromatic nitrogens is 1. The van der Waals surface area contributed by atoms with Gasteiger partial charge in [0.05, 0.1) is 26.9 Å². The molecule has 188 valence electrons. The molecule has 0 aliphatic carbocycles. The van der Waals surface area contributed by atoms with E-state index in [1.165, 1.54) is 28.4 Å². The fraction of sp³-hybridized carbons (Fsp3) is 0.172. The maximum atomic E-state index is 14.5. The SMILES string of the molecule is CCCN1C(=O)C2(c3ccccc31)c1c(oc3ccc(F)cc3c1=O)C(=O)N2c1nc2ccc(C)cc2s1. The summed E-state index contributed by atoms with van der Waals surface area (Å²) < 4.78 is 21.1. The molecule has 0 N–H and O–H groups in total. The Bertz CT molecular complexity index is 1910. The molecule has 7 rings (SSSR count). The molecule has 1 spiro atoms. The first-order valence-electron chi connectivity index (χ1n) is 12.3. The van der Waals surface area contributed by atoms with Crippen LogP contribution in [-0.4, -0.2) is 23.3 Å². The van der Waals surface area contributed by atoms with Gasteiger partial charge >= 0.3 is 0 Å². The summed E-state index contributed by atoms with van der Waals surface area (Å²) in [5.41, 5.74) is 0.323. The van der Waals surface area contributed by atoms with Gasteiger partial charge in [0.2, 0.25) is 5.76 Å². The number of halogens is 1. The Morgan fingerprint density at radius 1 is 1.05 bits per heavy atom. The molecule has 7 nitrogen and oxygen atoms in total. The highest BCUT2D eigenvalue weighted by atomic mass is 32.1. The summed E-state index contributed by atoms with van der Waals surface area (Å²) in [5, 5.41) is 0.245. The number of aryl methyl sites for hydroxylation is 1. The predicted molar refractivity (Wildman–Crippen MR) is 143 cm³/mol. The third kappa shape index (κ3) is 2.76. The maximum Gasteiger partial charge on any atom is 0.297 e. The van der Waals surface area contributed by atoms with Crippen molar-refractivity contribution in [2.75, 3.05) is 16.3 Å². The number of hydrogen-bond acceptors (Lipinski definition) is 6. The summed E-state index contributed by atoms with van der Waals surface area (Å²) in [6.07, 6.45) is 0.662. The van der Waals surface area contributed by atoms with Crippen LogP contribution in [0.25, 0.3) is 21.2 Å². The van der Waals surface area contributed by atoms with Crippen molar-refractivity contribution in [1.29, 1.82) is 0 Å². The van der Waals surface area contributed by atoms with E-state index in [0.717, 1.165) is 16.3 Å². The zero-order valence-corrected chi connectivity index (χ0v) is 21.3. The molecule has 3 aromatic carbocycles. The van der Waals surface area contributed by atoms with E-state index in [1.54, 1.807) is 17.0 Å². The highest BCUT2D eigenvalue weighted by Gasteiger charge is 2.66. The predicted octanol–water partition coefficient (Wildman–Crippen LogP) is 5.51. The minimum Gasteiger partial charge on any atom is -0.450 e. The number of anilines is 2. The van der Waals surface area contributed by atoms with Crippen molar-refractivity contribution >= 4 is 55.2 Å². The zero-order chi connectivity index (χ0) is 26.3. The zero-order valence-electron chi connectivity index (χ0n) is 20.4. The summed E-state index contributed by atoms with van der Waals surface area (Å²) in [5.74, 6) is -1.93. The van der Waals surface area contributed by atoms with Gasteiger partial charge in [-0.1, -0.05) is 42.5 Å². The van der Waals surface area contributed by atoms with Crippen molar-refractivity contribution in [2.24, 2.45) is 0 Å². The first-order chi connectivity index (χ1) is 18.4. The summed E-state index contributed by atoms with van der Waals surface area (Å²) in [6, 6.07) is 16.5. The number of amides is 2. The molecule has 2 aliphatic rings. The number of rotatable bonds is 3. The van der Waals surface area contributed by atoms with E-state index in [0.29, 0.717) is 29.7 Å². The Morgan fingerprint density at radius 2 is 1.87 bits per heavy atom. The first kappa shape index (κ1) is 22.8. The molecule has 1 unspecified atom stereocenters. The largest absolute Gasteiger partial charge is 0.450 e. The highest BCUT2D eigenvalue weighted by Crippen LogP contribution is 2.54. The van der Waals surface area contributed by atoms with Crippen LogP contribution in [0.2, 0.25) is 0 Å². The lowest BCUT2D eigenvalue weighted by molar-refractivity contribution is -0.121. The monoisotopic (exact) mass is 525 g/mol. The Kier molecular flexibility index (Phi) is 4.69. The Balaban J connectivity index is 1.62. The molecule has 0 fully saturated rings. The van der Waals surface area contributed by atoms with Gasteiger partial charge in [0, 0.05) is 12.1 Å². The average Bonchev–Trinajstić information content (AvgIpc) is 3.51. The lowest BCUT2D eigenvalue weighted by Gasteiger charge is -2.32. The Hall–Kier alpha value is -4.37. The fourth-order valence-electron chi connectivity index (χ4n) is 5.70. The molecule has 9 heteroatoms. The number of para-hydroxylation sites is 1. The lowest BCUT2D eigenvalue weighted by Crippen LogP contribution is -2.53. The van der Waals surface area contributed by atoms with Gasteiger partial charge in [0.1, 0.15) is 11.4 Å². The molecular weight excluding hydrogens is 505 g/mol. The number of thiazole rings is 1. The molecule has 38 heavy (non-hydrogen) atoms. The number of nitrogens with zero attached hydrogens (tertiary/aromatic N) is 3. The van der Waals surface area contributed by atoms with Gasteiger partial charge in [-0.2, -0.15) is 0 Å². The van der Waals surface area contributed by atoms with Crippen LogP contribution in [0.3, 0.4) is 0 Å². The fourth-order valence-corrected chi connectivity index (χ4v) is 6.81. The lowest BCUT2D eigenvalue weighted by atomic mass is 9.84.